The van der Waals surface area contributed by atoms with Crippen LogP contribution in [0.25, 0.3) is 0 Å². The summed E-state index contributed by atoms with van der Waals surface area (Å²) in [5.74, 6) is 0. The minimum absolute atomic E-state index is 0.0732. The molecule has 1 saturated heterocycles. The molecule has 1 heterocycles. The molecule has 1 unspecified atom stereocenters. The van der Waals surface area contributed by atoms with Gasteiger partial charge in [-0.2, -0.15) is 0 Å². The molecular formula is C18H34O2. The number of hydrogen-bond acceptors (Lipinski definition) is 2. The van der Waals surface area contributed by atoms with Crippen LogP contribution in [-0.2, 0) is 9.47 Å². The SMILES string of the molecule is CC/C=C/CCCCCCC[C@H](C)OC1CCCCO1. The number of hydrogen-bond donors (Lipinski definition) is 0. The largest absolute Gasteiger partial charge is 0.353 e. The van der Waals surface area contributed by atoms with Crippen LogP contribution >= 0.6 is 0 Å². The Labute approximate surface area is 125 Å². The second kappa shape index (κ2) is 12.4. The summed E-state index contributed by atoms with van der Waals surface area (Å²) in [4.78, 5) is 0. The van der Waals surface area contributed by atoms with E-state index in [1.54, 1.807) is 0 Å². The van der Waals surface area contributed by atoms with Crippen molar-refractivity contribution in [3.63, 3.8) is 0 Å². The van der Waals surface area contributed by atoms with Gasteiger partial charge in [0.15, 0.2) is 6.29 Å². The zero-order valence-electron chi connectivity index (χ0n) is 13.6. The number of allylic oxidation sites excluding steroid dienone is 2. The first-order chi connectivity index (χ1) is 9.83. The van der Waals surface area contributed by atoms with Gasteiger partial charge in [0.25, 0.3) is 0 Å². The van der Waals surface area contributed by atoms with Crippen LogP contribution in [0.4, 0.5) is 0 Å². The number of unbranched alkanes of at least 4 members (excludes halogenated alkanes) is 5. The molecule has 118 valence electrons. The molecule has 20 heavy (non-hydrogen) atoms. The molecule has 0 radical (unpaired) electrons. The minimum Gasteiger partial charge on any atom is -0.353 e. The van der Waals surface area contributed by atoms with E-state index in [1.807, 2.05) is 0 Å². The maximum atomic E-state index is 5.93. The van der Waals surface area contributed by atoms with Gasteiger partial charge < -0.3 is 9.47 Å². The molecule has 0 aromatic heterocycles. The minimum atomic E-state index is 0.0732. The quantitative estimate of drug-likeness (QED) is 0.362. The van der Waals surface area contributed by atoms with Crippen LogP contribution in [0.5, 0.6) is 0 Å². The van der Waals surface area contributed by atoms with Crippen molar-refractivity contribution < 1.29 is 9.47 Å². The highest BCUT2D eigenvalue weighted by Gasteiger charge is 2.16. The van der Waals surface area contributed by atoms with Crippen molar-refractivity contribution in [3.05, 3.63) is 12.2 Å². The zero-order chi connectivity index (χ0) is 14.5. The van der Waals surface area contributed by atoms with E-state index in [-0.39, 0.29) is 6.29 Å². The molecule has 0 aromatic rings. The van der Waals surface area contributed by atoms with Crippen LogP contribution in [0.2, 0.25) is 0 Å². The molecule has 0 amide bonds. The Morgan fingerprint density at radius 3 is 2.65 bits per heavy atom. The third kappa shape index (κ3) is 9.55. The summed E-state index contributed by atoms with van der Waals surface area (Å²) < 4.78 is 11.5. The van der Waals surface area contributed by atoms with Gasteiger partial charge in [0, 0.05) is 6.61 Å². The van der Waals surface area contributed by atoms with E-state index in [0.29, 0.717) is 6.10 Å². The van der Waals surface area contributed by atoms with Gasteiger partial charge in [-0.15, -0.1) is 0 Å². The maximum absolute atomic E-state index is 5.93. The molecule has 0 spiro atoms. The highest BCUT2D eigenvalue weighted by Crippen LogP contribution is 2.18. The van der Waals surface area contributed by atoms with E-state index in [1.165, 1.54) is 64.2 Å². The van der Waals surface area contributed by atoms with Crippen LogP contribution in [-0.4, -0.2) is 19.0 Å². The van der Waals surface area contributed by atoms with Crippen LogP contribution < -0.4 is 0 Å². The lowest BCUT2D eigenvalue weighted by Gasteiger charge is -2.26. The number of rotatable bonds is 11. The van der Waals surface area contributed by atoms with Gasteiger partial charge in [0.05, 0.1) is 6.10 Å². The van der Waals surface area contributed by atoms with Crippen LogP contribution in [0.3, 0.4) is 0 Å². The normalized spacial score (nSPS) is 21.4. The smallest absolute Gasteiger partial charge is 0.157 e. The first-order valence-corrected chi connectivity index (χ1v) is 8.75. The Bertz CT molecular complexity index is 232. The second-order valence-corrected chi connectivity index (χ2v) is 5.97. The van der Waals surface area contributed by atoms with Crippen molar-refractivity contribution in [2.24, 2.45) is 0 Å². The molecule has 1 aliphatic heterocycles. The third-order valence-corrected chi connectivity index (χ3v) is 3.91. The van der Waals surface area contributed by atoms with Gasteiger partial charge >= 0.3 is 0 Å². The average molecular weight is 282 g/mol. The van der Waals surface area contributed by atoms with Gasteiger partial charge in [-0.05, 0) is 51.9 Å². The first-order valence-electron chi connectivity index (χ1n) is 8.75. The lowest BCUT2D eigenvalue weighted by Crippen LogP contribution is -2.26. The third-order valence-electron chi connectivity index (χ3n) is 3.91. The summed E-state index contributed by atoms with van der Waals surface area (Å²) in [5, 5.41) is 0. The molecule has 0 saturated carbocycles. The molecule has 1 fully saturated rings. The van der Waals surface area contributed by atoms with Gasteiger partial charge in [-0.3, -0.25) is 0 Å². The molecule has 0 aliphatic carbocycles. The van der Waals surface area contributed by atoms with Crippen LogP contribution in [0.1, 0.15) is 84.5 Å². The average Bonchev–Trinajstić information content (AvgIpc) is 2.46. The van der Waals surface area contributed by atoms with Gasteiger partial charge in [-0.25, -0.2) is 0 Å². The Balaban J connectivity index is 1.86. The van der Waals surface area contributed by atoms with Crippen molar-refractivity contribution >= 4 is 0 Å². The Hall–Kier alpha value is -0.340. The topological polar surface area (TPSA) is 18.5 Å². The fourth-order valence-corrected chi connectivity index (χ4v) is 2.65. The van der Waals surface area contributed by atoms with E-state index >= 15 is 0 Å². The fourth-order valence-electron chi connectivity index (χ4n) is 2.65. The molecule has 0 N–H and O–H groups in total. The van der Waals surface area contributed by atoms with E-state index in [0.717, 1.165) is 13.0 Å². The predicted octanol–water partition coefficient (Wildman–Crippen LogP) is 5.62. The standard InChI is InChI=1S/C18H34O2/c1-3-4-5-6-7-8-9-10-11-14-17(2)20-18-15-12-13-16-19-18/h4-5,17-18H,3,6-16H2,1-2H3/b5-4+/t17-,18?/m0/s1. The van der Waals surface area contributed by atoms with E-state index in [2.05, 4.69) is 26.0 Å². The van der Waals surface area contributed by atoms with Crippen LogP contribution in [0, 0.1) is 0 Å². The molecule has 0 aromatic carbocycles. The molecule has 1 rings (SSSR count). The zero-order valence-corrected chi connectivity index (χ0v) is 13.6. The lowest BCUT2D eigenvalue weighted by atomic mass is 10.1. The molecular weight excluding hydrogens is 248 g/mol. The second-order valence-electron chi connectivity index (χ2n) is 5.97. The molecule has 2 nitrogen and oxygen atoms in total. The summed E-state index contributed by atoms with van der Waals surface area (Å²) in [5.41, 5.74) is 0. The van der Waals surface area contributed by atoms with E-state index in [9.17, 15) is 0 Å². The van der Waals surface area contributed by atoms with Gasteiger partial charge in [0.1, 0.15) is 0 Å². The molecule has 1 aliphatic rings. The first kappa shape index (κ1) is 17.7. The van der Waals surface area contributed by atoms with Crippen molar-refractivity contribution in [2.45, 2.75) is 96.9 Å². The Morgan fingerprint density at radius 2 is 1.90 bits per heavy atom. The summed E-state index contributed by atoms with van der Waals surface area (Å²) in [6.45, 7) is 5.26. The van der Waals surface area contributed by atoms with Crippen molar-refractivity contribution in [1.82, 2.24) is 0 Å². The summed E-state index contributed by atoms with van der Waals surface area (Å²) in [7, 11) is 0. The van der Waals surface area contributed by atoms with E-state index in [4.69, 9.17) is 9.47 Å². The summed E-state index contributed by atoms with van der Waals surface area (Å²) in [6.07, 6.45) is 18.9. The Kier molecular flexibility index (Phi) is 11.0. The summed E-state index contributed by atoms with van der Waals surface area (Å²) in [6, 6.07) is 0. The van der Waals surface area contributed by atoms with Crippen molar-refractivity contribution in [1.29, 1.82) is 0 Å². The van der Waals surface area contributed by atoms with Gasteiger partial charge in [0.2, 0.25) is 0 Å². The van der Waals surface area contributed by atoms with Crippen molar-refractivity contribution in [2.75, 3.05) is 6.61 Å². The highest BCUT2D eigenvalue weighted by atomic mass is 16.7. The van der Waals surface area contributed by atoms with Crippen LogP contribution in [0.15, 0.2) is 12.2 Å². The molecule has 0 bridgehead atoms. The lowest BCUT2D eigenvalue weighted by molar-refractivity contribution is -0.185. The fraction of sp³-hybridized carbons (Fsp3) is 0.889. The van der Waals surface area contributed by atoms with E-state index < -0.39 is 0 Å². The Morgan fingerprint density at radius 1 is 1.10 bits per heavy atom. The highest BCUT2D eigenvalue weighted by molar-refractivity contribution is 4.79. The predicted molar refractivity (Wildman–Crippen MR) is 85.9 cm³/mol. The van der Waals surface area contributed by atoms with Crippen molar-refractivity contribution in [3.8, 4) is 0 Å². The number of ether oxygens (including phenoxy) is 2. The van der Waals surface area contributed by atoms with Gasteiger partial charge in [-0.1, -0.05) is 44.8 Å². The summed E-state index contributed by atoms with van der Waals surface area (Å²) >= 11 is 0. The monoisotopic (exact) mass is 282 g/mol. The maximum Gasteiger partial charge on any atom is 0.157 e. The molecule has 2 atom stereocenters. The molecule has 2 heteroatoms.